The third-order valence-electron chi connectivity index (χ3n) is 5.02. The van der Waals surface area contributed by atoms with Crippen LogP contribution < -0.4 is 11.3 Å². The number of rotatable bonds is 5. The third-order valence-corrected chi connectivity index (χ3v) is 5.51. The molecule has 1 fully saturated rings. The van der Waals surface area contributed by atoms with Crippen molar-refractivity contribution in [3.8, 4) is 0 Å². The Morgan fingerprint density at radius 1 is 1.52 bits per heavy atom. The Hall–Kier alpha value is -0.620. The first-order valence-electron chi connectivity index (χ1n) is 7.62. The van der Waals surface area contributed by atoms with Crippen LogP contribution in [-0.4, -0.2) is 28.5 Å². The van der Waals surface area contributed by atoms with E-state index in [2.05, 4.69) is 17.4 Å². The van der Waals surface area contributed by atoms with Gasteiger partial charge in [-0.1, -0.05) is 18.5 Å². The van der Waals surface area contributed by atoms with Gasteiger partial charge in [-0.3, -0.25) is 16.0 Å². The van der Waals surface area contributed by atoms with E-state index in [0.29, 0.717) is 0 Å². The molecular weight excluding hydrogens is 288 g/mol. The van der Waals surface area contributed by atoms with Crippen molar-refractivity contribution in [3.63, 3.8) is 0 Å². The lowest BCUT2D eigenvalue weighted by molar-refractivity contribution is -0.0749. The number of halogens is 1. The van der Waals surface area contributed by atoms with Crippen molar-refractivity contribution in [1.29, 1.82) is 0 Å². The molecule has 1 atom stereocenters. The summed E-state index contributed by atoms with van der Waals surface area (Å²) < 4.78 is 7.77. The topological polar surface area (TPSA) is 65.1 Å². The Labute approximate surface area is 132 Å². The van der Waals surface area contributed by atoms with Crippen LogP contribution in [0.5, 0.6) is 0 Å². The molecule has 3 N–H and O–H groups in total. The van der Waals surface area contributed by atoms with Crippen molar-refractivity contribution in [2.45, 2.75) is 57.6 Å². The smallest absolute Gasteiger partial charge is 0.0848 e. The summed E-state index contributed by atoms with van der Waals surface area (Å²) >= 11 is 6.37. The quantitative estimate of drug-likeness (QED) is 0.647. The van der Waals surface area contributed by atoms with Crippen LogP contribution in [0.15, 0.2) is 0 Å². The Bertz CT molecular complexity index is 480. The number of aromatic nitrogens is 2. The van der Waals surface area contributed by atoms with Crippen molar-refractivity contribution in [3.05, 3.63) is 16.4 Å². The van der Waals surface area contributed by atoms with Gasteiger partial charge in [-0.05, 0) is 38.5 Å². The van der Waals surface area contributed by atoms with Crippen LogP contribution in [-0.2, 0) is 18.2 Å². The standard InChI is InChI=1S/C15H27ClN4O/c1-10-5-7-15(21-4,8-6-10)13(18-17)9-12-14(16)11(2)19-20(12)3/h10,13,18H,5-9,17H2,1-4H3. The highest BCUT2D eigenvalue weighted by Crippen LogP contribution is 2.38. The molecule has 1 aliphatic rings. The maximum atomic E-state index is 6.37. The number of nitrogens with two attached hydrogens (primary N) is 1. The Morgan fingerprint density at radius 3 is 2.57 bits per heavy atom. The summed E-state index contributed by atoms with van der Waals surface area (Å²) in [6, 6.07) is 0.0299. The molecule has 0 amide bonds. The third kappa shape index (κ3) is 3.26. The molecule has 0 spiro atoms. The van der Waals surface area contributed by atoms with Gasteiger partial charge in [0.1, 0.15) is 0 Å². The van der Waals surface area contributed by atoms with Crippen molar-refractivity contribution in [1.82, 2.24) is 15.2 Å². The Balaban J connectivity index is 2.22. The highest BCUT2D eigenvalue weighted by molar-refractivity contribution is 6.31. The minimum absolute atomic E-state index is 0.0299. The number of aryl methyl sites for hydroxylation is 2. The number of hydrazine groups is 1. The predicted octanol–water partition coefficient (Wildman–Crippen LogP) is 2.35. The number of hydrogen-bond acceptors (Lipinski definition) is 4. The van der Waals surface area contributed by atoms with Gasteiger partial charge in [0.25, 0.3) is 0 Å². The molecule has 1 aliphatic carbocycles. The molecule has 0 radical (unpaired) electrons. The molecule has 1 aromatic rings. The van der Waals surface area contributed by atoms with Gasteiger partial charge in [-0.15, -0.1) is 0 Å². The van der Waals surface area contributed by atoms with E-state index in [1.165, 1.54) is 12.8 Å². The fourth-order valence-electron chi connectivity index (χ4n) is 3.44. The van der Waals surface area contributed by atoms with Crippen molar-refractivity contribution < 1.29 is 4.74 Å². The Morgan fingerprint density at radius 2 is 2.14 bits per heavy atom. The van der Waals surface area contributed by atoms with Crippen LogP contribution in [0.4, 0.5) is 0 Å². The van der Waals surface area contributed by atoms with Crippen molar-refractivity contribution >= 4 is 11.6 Å². The predicted molar refractivity (Wildman–Crippen MR) is 85.1 cm³/mol. The zero-order valence-electron chi connectivity index (χ0n) is 13.4. The summed E-state index contributed by atoms with van der Waals surface area (Å²) in [4.78, 5) is 0. The fraction of sp³-hybridized carbons (Fsp3) is 0.800. The Kier molecular flexibility index (Phi) is 5.30. The van der Waals surface area contributed by atoms with Gasteiger partial charge < -0.3 is 4.74 Å². The second-order valence-corrected chi connectivity index (χ2v) is 6.72. The summed E-state index contributed by atoms with van der Waals surface area (Å²) in [7, 11) is 3.71. The van der Waals surface area contributed by atoms with Crippen LogP contribution in [0.2, 0.25) is 5.02 Å². The van der Waals surface area contributed by atoms with Crippen LogP contribution >= 0.6 is 11.6 Å². The zero-order valence-corrected chi connectivity index (χ0v) is 14.2. The molecule has 1 aromatic heterocycles. The van der Waals surface area contributed by atoms with Gasteiger partial charge in [0, 0.05) is 20.6 Å². The van der Waals surface area contributed by atoms with Gasteiger partial charge in [-0.2, -0.15) is 5.10 Å². The molecular formula is C15H27ClN4O. The summed E-state index contributed by atoms with van der Waals surface area (Å²) in [5.41, 5.74) is 4.61. The van der Waals surface area contributed by atoms with E-state index in [9.17, 15) is 0 Å². The average Bonchev–Trinajstić information content (AvgIpc) is 2.72. The van der Waals surface area contributed by atoms with Crippen molar-refractivity contribution in [2.75, 3.05) is 7.11 Å². The summed E-state index contributed by atoms with van der Waals surface area (Å²) in [5, 5.41) is 5.11. The highest BCUT2D eigenvalue weighted by Gasteiger charge is 2.41. The minimum Gasteiger partial charge on any atom is -0.377 e. The molecule has 21 heavy (non-hydrogen) atoms. The number of nitrogens with zero attached hydrogens (tertiary/aromatic N) is 2. The highest BCUT2D eigenvalue weighted by atomic mass is 35.5. The molecule has 5 nitrogen and oxygen atoms in total. The normalized spacial score (nSPS) is 27.8. The maximum Gasteiger partial charge on any atom is 0.0848 e. The number of methoxy groups -OCH3 is 1. The van der Waals surface area contributed by atoms with Gasteiger partial charge in [0.15, 0.2) is 0 Å². The van der Waals surface area contributed by atoms with Crippen LogP contribution in [0, 0.1) is 12.8 Å². The van der Waals surface area contributed by atoms with Gasteiger partial charge in [0.05, 0.1) is 28.1 Å². The molecule has 1 heterocycles. The molecule has 1 saturated carbocycles. The molecule has 0 aromatic carbocycles. The van der Waals surface area contributed by atoms with Crippen LogP contribution in [0.3, 0.4) is 0 Å². The van der Waals surface area contributed by atoms with E-state index in [1.807, 2.05) is 18.7 Å². The van der Waals surface area contributed by atoms with Crippen molar-refractivity contribution in [2.24, 2.45) is 18.8 Å². The fourth-order valence-corrected chi connectivity index (χ4v) is 3.67. The summed E-state index contributed by atoms with van der Waals surface area (Å²) in [6.07, 6.45) is 5.10. The molecule has 120 valence electrons. The second-order valence-electron chi connectivity index (χ2n) is 6.34. The number of hydrogen-bond donors (Lipinski definition) is 2. The van der Waals surface area contributed by atoms with Crippen LogP contribution in [0.1, 0.15) is 44.0 Å². The van der Waals surface area contributed by atoms with Gasteiger partial charge in [0.2, 0.25) is 0 Å². The van der Waals surface area contributed by atoms with E-state index >= 15 is 0 Å². The first-order chi connectivity index (χ1) is 9.93. The summed E-state index contributed by atoms with van der Waals surface area (Å²) in [5.74, 6) is 6.61. The maximum absolute atomic E-state index is 6.37. The number of nitrogens with one attached hydrogen (secondary N) is 1. The lowest BCUT2D eigenvalue weighted by atomic mass is 9.74. The largest absolute Gasteiger partial charge is 0.377 e. The zero-order chi connectivity index (χ0) is 15.6. The average molecular weight is 315 g/mol. The second kappa shape index (κ2) is 6.65. The molecule has 6 heteroatoms. The van der Waals surface area contributed by atoms with Gasteiger partial charge in [-0.25, -0.2) is 0 Å². The SMILES string of the molecule is COC1(C(Cc2c(Cl)c(C)nn2C)NN)CCC(C)CC1. The number of ether oxygens (including phenoxy) is 1. The summed E-state index contributed by atoms with van der Waals surface area (Å²) in [6.45, 7) is 4.22. The lowest BCUT2D eigenvalue weighted by Crippen LogP contribution is -2.57. The molecule has 0 bridgehead atoms. The molecule has 2 rings (SSSR count). The van der Waals surface area contributed by atoms with E-state index < -0.39 is 0 Å². The van der Waals surface area contributed by atoms with Gasteiger partial charge >= 0.3 is 0 Å². The van der Waals surface area contributed by atoms with E-state index in [0.717, 1.165) is 41.6 Å². The lowest BCUT2D eigenvalue weighted by Gasteiger charge is -2.43. The molecule has 0 aliphatic heterocycles. The monoisotopic (exact) mass is 314 g/mol. The minimum atomic E-state index is -0.219. The molecule has 0 saturated heterocycles. The van der Waals surface area contributed by atoms with Crippen LogP contribution in [0.25, 0.3) is 0 Å². The van der Waals surface area contributed by atoms with E-state index in [1.54, 1.807) is 7.11 Å². The molecule has 1 unspecified atom stereocenters. The first-order valence-corrected chi connectivity index (χ1v) is 8.00. The van der Waals surface area contributed by atoms with E-state index in [-0.39, 0.29) is 11.6 Å². The first kappa shape index (κ1) is 16.7. The van der Waals surface area contributed by atoms with E-state index in [4.69, 9.17) is 22.2 Å².